The zero-order chi connectivity index (χ0) is 29.7. The lowest BCUT2D eigenvalue weighted by atomic mass is 9.71. The topological polar surface area (TPSA) is 94.5 Å². The molecule has 0 aromatic heterocycles. The van der Waals surface area contributed by atoms with Gasteiger partial charge in [-0.3, -0.25) is 4.79 Å². The maximum atomic E-state index is 14.0. The number of aliphatic hydroxyl groups excluding tert-OH is 1. The van der Waals surface area contributed by atoms with Crippen LogP contribution < -0.4 is 0 Å². The smallest absolute Gasteiger partial charge is 0.316 e. The number of halogens is 1. The number of ether oxygens (including phenoxy) is 4. The van der Waals surface area contributed by atoms with Gasteiger partial charge in [-0.25, -0.2) is 0 Å². The van der Waals surface area contributed by atoms with Crippen molar-refractivity contribution in [3.63, 3.8) is 0 Å². The van der Waals surface area contributed by atoms with Crippen LogP contribution in [-0.4, -0.2) is 70.1 Å². The van der Waals surface area contributed by atoms with Gasteiger partial charge >= 0.3 is 5.97 Å². The number of allylic oxidation sites excluding steroid dienone is 5. The Hall–Kier alpha value is -1.48. The summed E-state index contributed by atoms with van der Waals surface area (Å²) < 4.78 is 25.6. The normalized spacial score (nSPS) is 48.9. The van der Waals surface area contributed by atoms with E-state index in [2.05, 4.69) is 33.8 Å². The van der Waals surface area contributed by atoms with E-state index in [-0.39, 0.29) is 30.1 Å². The maximum absolute atomic E-state index is 14.0. The van der Waals surface area contributed by atoms with Crippen LogP contribution in [0.4, 0.5) is 0 Å². The molecule has 0 amide bonds. The molecule has 3 fully saturated rings. The zero-order valence-corrected chi connectivity index (χ0v) is 26.0. The van der Waals surface area contributed by atoms with Crippen molar-refractivity contribution in [2.45, 2.75) is 121 Å². The van der Waals surface area contributed by atoms with Gasteiger partial charge in [-0.05, 0) is 55.6 Å². The van der Waals surface area contributed by atoms with Crippen LogP contribution in [-0.2, 0) is 23.7 Å². The van der Waals surface area contributed by atoms with Gasteiger partial charge in [0.1, 0.15) is 29.8 Å². The Kier molecular flexibility index (Phi) is 8.98. The van der Waals surface area contributed by atoms with Crippen LogP contribution in [0.15, 0.2) is 47.1 Å². The molecule has 0 aromatic carbocycles. The Morgan fingerprint density at radius 2 is 1.83 bits per heavy atom. The van der Waals surface area contributed by atoms with Crippen molar-refractivity contribution in [1.82, 2.24) is 0 Å². The minimum absolute atomic E-state index is 0.0352. The Balaban J connectivity index is 1.53. The average Bonchev–Trinajstić information content (AvgIpc) is 3.24. The molecule has 41 heavy (non-hydrogen) atoms. The van der Waals surface area contributed by atoms with Crippen LogP contribution in [0.3, 0.4) is 0 Å². The molecule has 5 rings (SSSR count). The third-order valence-electron chi connectivity index (χ3n) is 9.76. The summed E-state index contributed by atoms with van der Waals surface area (Å²) in [6, 6.07) is 0. The fourth-order valence-corrected chi connectivity index (χ4v) is 7.74. The van der Waals surface area contributed by atoms with Crippen LogP contribution in [0.1, 0.15) is 73.6 Å². The first kappa shape index (κ1) is 31.0. The van der Waals surface area contributed by atoms with E-state index in [1.807, 2.05) is 19.1 Å². The van der Waals surface area contributed by atoms with Gasteiger partial charge in [-0.15, -0.1) is 11.6 Å². The van der Waals surface area contributed by atoms with E-state index in [9.17, 15) is 15.0 Å². The largest absolute Gasteiger partial charge is 0.462 e. The van der Waals surface area contributed by atoms with Gasteiger partial charge in [-0.1, -0.05) is 63.6 Å². The standard InChI is InChI=1S/C33H47ClO7/c1-18(2)29-20(4)10-11-32(41-29)16-25-14-24(40-32)15-27(34)21(5)12-19(3)8-7-9-23-17-38-30-28(35)22(6)13-26(31(36)39-25)33(23,30)37/h7-9,12-13,18-20,24-30,35,37H,10-11,14-17H2,1-6H3/b8-7+,21-12-,23-9+. The molecule has 228 valence electrons. The van der Waals surface area contributed by atoms with Crippen LogP contribution >= 0.6 is 11.6 Å². The first-order valence-corrected chi connectivity index (χ1v) is 15.7. The van der Waals surface area contributed by atoms with E-state index in [0.29, 0.717) is 48.7 Å². The van der Waals surface area contributed by atoms with Gasteiger partial charge in [0.2, 0.25) is 0 Å². The van der Waals surface area contributed by atoms with Gasteiger partial charge in [0.05, 0.1) is 24.2 Å². The molecule has 0 saturated carbocycles. The van der Waals surface area contributed by atoms with Gasteiger partial charge < -0.3 is 29.2 Å². The Morgan fingerprint density at radius 1 is 1.07 bits per heavy atom. The molecule has 0 radical (unpaired) electrons. The van der Waals surface area contributed by atoms with Gasteiger partial charge in [0.25, 0.3) is 0 Å². The lowest BCUT2D eigenvalue weighted by Crippen LogP contribution is -2.58. The fraction of sp³-hybridized carbons (Fsp3) is 0.727. The molecule has 4 aliphatic heterocycles. The molecule has 1 aliphatic carbocycles. The zero-order valence-electron chi connectivity index (χ0n) is 25.2. The Bertz CT molecular complexity index is 1130. The maximum Gasteiger partial charge on any atom is 0.316 e. The molecule has 2 N–H and O–H groups in total. The van der Waals surface area contributed by atoms with E-state index in [0.717, 1.165) is 12.0 Å². The van der Waals surface area contributed by atoms with Crippen molar-refractivity contribution in [3.05, 3.63) is 47.1 Å². The molecular weight excluding hydrogens is 544 g/mol. The van der Waals surface area contributed by atoms with Crippen molar-refractivity contribution >= 4 is 17.6 Å². The van der Waals surface area contributed by atoms with E-state index in [1.165, 1.54) is 0 Å². The molecule has 7 nitrogen and oxygen atoms in total. The number of rotatable bonds is 1. The monoisotopic (exact) mass is 590 g/mol. The number of alkyl halides is 1. The minimum atomic E-state index is -1.71. The highest BCUT2D eigenvalue weighted by atomic mass is 35.5. The highest BCUT2D eigenvalue weighted by molar-refractivity contribution is 6.22. The summed E-state index contributed by atoms with van der Waals surface area (Å²) in [4.78, 5) is 14.0. The second-order valence-corrected chi connectivity index (χ2v) is 14.0. The average molecular weight is 591 g/mol. The molecule has 1 spiro atoms. The van der Waals surface area contributed by atoms with Crippen molar-refractivity contribution in [3.8, 4) is 0 Å². The number of carbonyl (C=O) groups excluding carboxylic acids is 1. The molecule has 11 unspecified atom stereocenters. The summed E-state index contributed by atoms with van der Waals surface area (Å²) in [5.74, 6) is -1.60. The second kappa shape index (κ2) is 11.9. The minimum Gasteiger partial charge on any atom is -0.462 e. The van der Waals surface area contributed by atoms with Crippen LogP contribution in [0.25, 0.3) is 0 Å². The summed E-state index contributed by atoms with van der Waals surface area (Å²) >= 11 is 6.94. The third kappa shape index (κ3) is 6.00. The first-order valence-electron chi connectivity index (χ1n) is 15.3. The highest BCUT2D eigenvalue weighted by Gasteiger charge is 2.60. The van der Waals surface area contributed by atoms with Crippen LogP contribution in [0, 0.1) is 23.7 Å². The molecule has 3 saturated heterocycles. The number of hydrogen-bond acceptors (Lipinski definition) is 7. The second-order valence-electron chi connectivity index (χ2n) is 13.4. The Morgan fingerprint density at radius 3 is 2.56 bits per heavy atom. The number of esters is 1. The lowest BCUT2D eigenvalue weighted by Gasteiger charge is -2.51. The summed E-state index contributed by atoms with van der Waals surface area (Å²) in [5, 5.41) is 22.7. The fourth-order valence-electron chi connectivity index (χ4n) is 7.47. The van der Waals surface area contributed by atoms with E-state index >= 15 is 0 Å². The van der Waals surface area contributed by atoms with Gasteiger partial charge in [-0.2, -0.15) is 0 Å². The van der Waals surface area contributed by atoms with Crippen molar-refractivity contribution in [2.75, 3.05) is 6.61 Å². The lowest BCUT2D eigenvalue weighted by molar-refractivity contribution is -0.341. The van der Waals surface area contributed by atoms with Crippen molar-refractivity contribution < 1.29 is 34.0 Å². The molecule has 8 heteroatoms. The third-order valence-corrected chi connectivity index (χ3v) is 10.3. The predicted octanol–water partition coefficient (Wildman–Crippen LogP) is 5.39. The van der Waals surface area contributed by atoms with E-state index in [4.69, 9.17) is 30.5 Å². The molecular formula is C33H47ClO7. The number of hydrogen-bond donors (Lipinski definition) is 2. The molecule has 4 heterocycles. The van der Waals surface area contributed by atoms with Gasteiger partial charge in [0.15, 0.2) is 5.79 Å². The van der Waals surface area contributed by atoms with E-state index < -0.39 is 41.6 Å². The van der Waals surface area contributed by atoms with Crippen molar-refractivity contribution in [2.24, 2.45) is 23.7 Å². The molecule has 11 atom stereocenters. The highest BCUT2D eigenvalue weighted by Crippen LogP contribution is 2.48. The van der Waals surface area contributed by atoms with E-state index in [1.54, 1.807) is 19.1 Å². The number of fused-ring (bicyclic) bond motifs is 2. The number of carbonyl (C=O) groups is 1. The van der Waals surface area contributed by atoms with Crippen molar-refractivity contribution in [1.29, 1.82) is 0 Å². The number of aliphatic hydroxyl groups is 2. The summed E-state index contributed by atoms with van der Waals surface area (Å²) in [7, 11) is 0. The van der Waals surface area contributed by atoms with Crippen LogP contribution in [0.5, 0.6) is 0 Å². The van der Waals surface area contributed by atoms with Gasteiger partial charge in [0, 0.05) is 19.3 Å². The predicted molar refractivity (Wildman–Crippen MR) is 157 cm³/mol. The Labute approximate surface area is 249 Å². The molecule has 0 aromatic rings. The summed E-state index contributed by atoms with van der Waals surface area (Å²) in [6.45, 7) is 12.5. The first-order chi connectivity index (χ1) is 19.3. The SMILES string of the molecule is CC1=CC2C(=O)OC3CC(CC(Cl)/C(C)=C\C(C)/C=C/C=C4\COC(C1O)C42O)OC1(CCC(C)C(C(C)C)O1)C3. The van der Waals surface area contributed by atoms with Crippen LogP contribution in [0.2, 0.25) is 0 Å². The molecule has 5 aliphatic rings. The summed E-state index contributed by atoms with van der Waals surface area (Å²) in [5.41, 5.74) is 0.467. The molecule has 2 bridgehead atoms. The quantitative estimate of drug-likeness (QED) is 0.240. The summed E-state index contributed by atoms with van der Waals surface area (Å²) in [6.07, 6.45) is 9.95.